The molecule has 0 saturated heterocycles. The molecule has 0 fully saturated rings. The maximum atomic E-state index is 14.3. The highest BCUT2D eigenvalue weighted by atomic mass is 32.1. The van der Waals surface area contributed by atoms with Gasteiger partial charge in [-0.25, -0.2) is 14.4 Å². The lowest BCUT2D eigenvalue weighted by atomic mass is 9.94. The van der Waals surface area contributed by atoms with E-state index in [4.69, 9.17) is 15.9 Å². The molecule has 0 aliphatic heterocycles. The number of nitrogens with two attached hydrogens (primary N) is 1. The van der Waals surface area contributed by atoms with Gasteiger partial charge in [0.05, 0.1) is 17.2 Å². The average Bonchev–Trinajstić information content (AvgIpc) is 3.16. The summed E-state index contributed by atoms with van der Waals surface area (Å²) in [7, 11) is 4.99. The molecule has 4 rings (SSSR count). The molecule has 0 amide bonds. The molecule has 1 aliphatic rings. The third-order valence-corrected chi connectivity index (χ3v) is 5.88. The number of aryl methyl sites for hydroxylation is 1. The molecule has 1 aliphatic carbocycles. The van der Waals surface area contributed by atoms with Gasteiger partial charge in [-0.2, -0.15) is 0 Å². The highest BCUT2D eigenvalue weighted by Crippen LogP contribution is 2.39. The number of nitrogens with one attached hydrogen (secondary N) is 2. The summed E-state index contributed by atoms with van der Waals surface area (Å²) in [6, 6.07) is 2.73. The molecule has 0 spiro atoms. The first-order valence-corrected chi connectivity index (χ1v) is 10.9. The molecule has 1 atom stereocenters. The second kappa shape index (κ2) is 11.7. The fourth-order valence-electron chi connectivity index (χ4n) is 3.33. The number of ether oxygens (including phenoxy) is 2. The lowest BCUT2D eigenvalue weighted by Crippen LogP contribution is -2.19. The van der Waals surface area contributed by atoms with E-state index in [2.05, 4.69) is 20.0 Å². The van der Waals surface area contributed by atoms with Gasteiger partial charge in [-0.1, -0.05) is 13.8 Å². The van der Waals surface area contributed by atoms with E-state index >= 15 is 0 Å². The molecule has 4 N–H and O–H groups in total. The lowest BCUT2D eigenvalue weighted by Gasteiger charge is -2.21. The van der Waals surface area contributed by atoms with E-state index in [1.165, 1.54) is 28.9 Å². The zero-order valence-electron chi connectivity index (χ0n) is 18.6. The topological polar surface area (TPSA) is 106 Å². The molecule has 0 bridgehead atoms. The molecular weight excluding hydrogens is 417 g/mol. The lowest BCUT2D eigenvalue weighted by molar-refractivity contribution is 0.0922. The number of aromatic nitrogens is 2. The van der Waals surface area contributed by atoms with E-state index in [0.29, 0.717) is 11.4 Å². The number of nitrogens with zero attached hydrogens (tertiary/aromatic N) is 2. The highest BCUT2D eigenvalue weighted by Gasteiger charge is 2.25. The Labute approximate surface area is 186 Å². The zero-order chi connectivity index (χ0) is 23.0. The minimum Gasteiger partial charge on any atom is -0.398 e. The monoisotopic (exact) mass is 447 g/mol. The van der Waals surface area contributed by atoms with Crippen LogP contribution in [0.1, 0.15) is 36.3 Å². The van der Waals surface area contributed by atoms with Crippen molar-refractivity contribution >= 4 is 45.0 Å². The van der Waals surface area contributed by atoms with Crippen molar-refractivity contribution in [3.63, 3.8) is 0 Å². The van der Waals surface area contributed by atoms with Crippen LogP contribution in [-0.4, -0.2) is 43.6 Å². The van der Waals surface area contributed by atoms with Gasteiger partial charge in [-0.15, -0.1) is 11.3 Å². The van der Waals surface area contributed by atoms with Crippen LogP contribution in [-0.2, 0) is 22.3 Å². The van der Waals surface area contributed by atoms with Gasteiger partial charge in [0, 0.05) is 50.1 Å². The average molecular weight is 448 g/mol. The number of anilines is 3. The van der Waals surface area contributed by atoms with E-state index < -0.39 is 5.82 Å². The largest absolute Gasteiger partial charge is 0.398 e. The Morgan fingerprint density at radius 1 is 1.26 bits per heavy atom. The van der Waals surface area contributed by atoms with Crippen LogP contribution in [0.3, 0.4) is 0 Å². The SMILES string of the molecule is CC.COC.COC1CCc2c(sc3ncnc(Nc4cc(C=N)c(N)cc4F)c23)C1. The smallest absolute Gasteiger partial charge is 0.148 e. The zero-order valence-corrected chi connectivity index (χ0v) is 19.4. The summed E-state index contributed by atoms with van der Waals surface area (Å²) in [5.41, 5.74) is 7.87. The Balaban J connectivity index is 0.000000630. The molecule has 1 aromatic carbocycles. The van der Waals surface area contributed by atoms with E-state index in [-0.39, 0.29) is 17.5 Å². The molecule has 31 heavy (non-hydrogen) atoms. The molecule has 2 heterocycles. The molecule has 1 unspecified atom stereocenters. The third-order valence-electron chi connectivity index (χ3n) is 4.71. The summed E-state index contributed by atoms with van der Waals surface area (Å²) in [4.78, 5) is 10.9. The first-order valence-electron chi connectivity index (χ1n) is 10.1. The number of hydrogen-bond acceptors (Lipinski definition) is 8. The molecule has 9 heteroatoms. The predicted molar refractivity (Wildman–Crippen MR) is 126 cm³/mol. The number of fused-ring (bicyclic) bond motifs is 3. The van der Waals surface area contributed by atoms with Crippen molar-refractivity contribution in [1.82, 2.24) is 9.97 Å². The maximum Gasteiger partial charge on any atom is 0.148 e. The summed E-state index contributed by atoms with van der Waals surface area (Å²) in [6.07, 6.45) is 5.49. The van der Waals surface area contributed by atoms with Crippen molar-refractivity contribution in [3.05, 3.63) is 40.3 Å². The van der Waals surface area contributed by atoms with Crippen molar-refractivity contribution in [3.8, 4) is 0 Å². The van der Waals surface area contributed by atoms with E-state index in [1.54, 1.807) is 32.7 Å². The third kappa shape index (κ3) is 5.55. The van der Waals surface area contributed by atoms with Crippen LogP contribution in [0, 0.1) is 11.2 Å². The quantitative estimate of drug-likeness (QED) is 0.386. The number of rotatable bonds is 4. The predicted octanol–water partition coefficient (Wildman–Crippen LogP) is 4.95. The molecule has 3 aromatic rings. The molecule has 168 valence electrons. The van der Waals surface area contributed by atoms with Crippen LogP contribution < -0.4 is 11.1 Å². The van der Waals surface area contributed by atoms with Crippen molar-refractivity contribution in [2.75, 3.05) is 32.4 Å². The van der Waals surface area contributed by atoms with Crippen molar-refractivity contribution < 1.29 is 13.9 Å². The normalized spacial score (nSPS) is 14.6. The molecule has 0 radical (unpaired) electrons. The van der Waals surface area contributed by atoms with E-state index in [0.717, 1.165) is 35.7 Å². The second-order valence-electron chi connectivity index (χ2n) is 6.65. The van der Waals surface area contributed by atoms with Gasteiger partial charge >= 0.3 is 0 Å². The van der Waals surface area contributed by atoms with Crippen LogP contribution >= 0.6 is 11.3 Å². The van der Waals surface area contributed by atoms with Crippen LogP contribution in [0.5, 0.6) is 0 Å². The van der Waals surface area contributed by atoms with Gasteiger partial charge in [-0.3, -0.25) is 0 Å². The van der Waals surface area contributed by atoms with Crippen molar-refractivity contribution in [2.24, 2.45) is 0 Å². The summed E-state index contributed by atoms with van der Waals surface area (Å²) in [6.45, 7) is 4.00. The molecular formula is C22H30FN5O2S. The van der Waals surface area contributed by atoms with Gasteiger partial charge < -0.3 is 25.9 Å². The Kier molecular flexibility index (Phi) is 9.29. The highest BCUT2D eigenvalue weighted by molar-refractivity contribution is 7.19. The maximum absolute atomic E-state index is 14.3. The van der Waals surface area contributed by atoms with Crippen molar-refractivity contribution in [1.29, 1.82) is 5.41 Å². The second-order valence-corrected chi connectivity index (χ2v) is 7.73. The van der Waals surface area contributed by atoms with Crippen LogP contribution in [0.4, 0.5) is 21.6 Å². The van der Waals surface area contributed by atoms with Gasteiger partial charge in [0.1, 0.15) is 22.8 Å². The number of benzene rings is 1. The number of nitrogen functional groups attached to an aromatic ring is 1. The fraction of sp³-hybridized carbons (Fsp3) is 0.409. The van der Waals surface area contributed by atoms with E-state index in [9.17, 15) is 4.39 Å². The summed E-state index contributed by atoms with van der Waals surface area (Å²) in [5.74, 6) is 0.0892. The van der Waals surface area contributed by atoms with Gasteiger partial charge in [0.2, 0.25) is 0 Å². The van der Waals surface area contributed by atoms with Crippen molar-refractivity contribution in [2.45, 2.75) is 39.2 Å². The molecule has 0 saturated carbocycles. The first-order chi connectivity index (χ1) is 15.0. The minimum atomic E-state index is -0.483. The Hall–Kier alpha value is -2.62. The number of thiophene rings is 1. The van der Waals surface area contributed by atoms with E-state index in [1.807, 2.05) is 13.8 Å². The standard InChI is InChI=1S/C18H18FN5OS.C2H6O.C2H6/c1-25-10-2-3-11-15(5-10)26-18-16(11)17(22-8-23-18)24-14-4-9(7-20)13(21)6-12(14)19;1-3-2;1-2/h4,6-8,10,20H,2-3,5,21H2,1H3,(H,22,23,24);1-2H3;1-2H3. The first kappa shape index (κ1) is 24.6. The molecule has 7 nitrogen and oxygen atoms in total. The van der Waals surface area contributed by atoms with Crippen LogP contribution in [0.25, 0.3) is 10.2 Å². The van der Waals surface area contributed by atoms with Gasteiger partial charge in [-0.05, 0) is 30.5 Å². The van der Waals surface area contributed by atoms with Crippen LogP contribution in [0.2, 0.25) is 0 Å². The molecule has 2 aromatic heterocycles. The fourth-order valence-corrected chi connectivity index (χ4v) is 4.58. The number of methoxy groups -OCH3 is 2. The van der Waals surface area contributed by atoms with Gasteiger partial charge in [0.25, 0.3) is 0 Å². The Morgan fingerprint density at radius 3 is 2.61 bits per heavy atom. The number of hydrogen-bond donors (Lipinski definition) is 3. The van der Waals surface area contributed by atoms with Gasteiger partial charge in [0.15, 0.2) is 0 Å². The van der Waals surface area contributed by atoms with Crippen LogP contribution in [0.15, 0.2) is 18.5 Å². The Morgan fingerprint density at radius 2 is 1.97 bits per heavy atom. The minimum absolute atomic E-state index is 0.227. The Bertz CT molecular complexity index is 1020. The summed E-state index contributed by atoms with van der Waals surface area (Å²) in [5, 5.41) is 11.4. The summed E-state index contributed by atoms with van der Waals surface area (Å²) >= 11 is 1.64. The summed E-state index contributed by atoms with van der Waals surface area (Å²) < 4.78 is 24.1. The number of halogens is 1.